The number of amides is 1. The van der Waals surface area contributed by atoms with Crippen LogP contribution in [0.5, 0.6) is 0 Å². The van der Waals surface area contributed by atoms with Gasteiger partial charge in [-0.25, -0.2) is 4.39 Å². The highest BCUT2D eigenvalue weighted by Crippen LogP contribution is 2.11. The van der Waals surface area contributed by atoms with E-state index in [9.17, 15) is 9.18 Å². The van der Waals surface area contributed by atoms with Crippen molar-refractivity contribution in [3.8, 4) is 11.8 Å². The Bertz CT molecular complexity index is 460. The molecule has 0 atom stereocenters. The third-order valence-electron chi connectivity index (χ3n) is 2.10. The number of hydrogen-bond acceptors (Lipinski definition) is 2. The zero-order valence-corrected chi connectivity index (χ0v) is 9.59. The van der Waals surface area contributed by atoms with Crippen LogP contribution in [-0.2, 0) is 11.4 Å². The summed E-state index contributed by atoms with van der Waals surface area (Å²) >= 11 is 0. The molecule has 0 aliphatic carbocycles. The molecule has 3 nitrogen and oxygen atoms in total. The van der Waals surface area contributed by atoms with E-state index in [4.69, 9.17) is 5.11 Å². The van der Waals surface area contributed by atoms with Crippen LogP contribution >= 0.6 is 0 Å². The number of carbonyl (C=O) groups is 1. The average Bonchev–Trinajstić information content (AvgIpc) is 2.30. The van der Waals surface area contributed by atoms with Crippen molar-refractivity contribution in [2.24, 2.45) is 0 Å². The van der Waals surface area contributed by atoms with Gasteiger partial charge >= 0.3 is 0 Å². The highest BCUT2D eigenvalue weighted by molar-refractivity contribution is 5.72. The van der Waals surface area contributed by atoms with Gasteiger partial charge in [0.05, 0.1) is 12.2 Å². The van der Waals surface area contributed by atoms with E-state index in [0.717, 1.165) is 0 Å². The van der Waals surface area contributed by atoms with Gasteiger partial charge in [-0.3, -0.25) is 4.79 Å². The summed E-state index contributed by atoms with van der Waals surface area (Å²) in [5, 5.41) is 11.5. The van der Waals surface area contributed by atoms with Gasteiger partial charge in [0.25, 0.3) is 0 Å². The van der Waals surface area contributed by atoms with Crippen molar-refractivity contribution in [1.82, 2.24) is 5.32 Å². The van der Waals surface area contributed by atoms with Gasteiger partial charge in [-0.05, 0) is 6.07 Å². The predicted molar refractivity (Wildman–Crippen MR) is 62.5 cm³/mol. The Morgan fingerprint density at radius 1 is 1.53 bits per heavy atom. The largest absolute Gasteiger partial charge is 0.392 e. The van der Waals surface area contributed by atoms with Crippen molar-refractivity contribution >= 4 is 5.91 Å². The van der Waals surface area contributed by atoms with Crippen LogP contribution in [0.3, 0.4) is 0 Å². The van der Waals surface area contributed by atoms with Crippen molar-refractivity contribution in [2.45, 2.75) is 20.0 Å². The van der Waals surface area contributed by atoms with Gasteiger partial charge in [0.1, 0.15) is 5.82 Å². The van der Waals surface area contributed by atoms with E-state index in [2.05, 4.69) is 17.2 Å². The summed E-state index contributed by atoms with van der Waals surface area (Å²) in [5.74, 6) is 4.84. The number of carbonyl (C=O) groups excluding carboxylic acids is 1. The first-order chi connectivity index (χ1) is 8.15. The van der Waals surface area contributed by atoms with E-state index >= 15 is 0 Å². The molecule has 4 heteroatoms. The summed E-state index contributed by atoms with van der Waals surface area (Å²) in [7, 11) is 0. The van der Waals surface area contributed by atoms with Gasteiger partial charge in [0.15, 0.2) is 0 Å². The Balaban J connectivity index is 2.62. The Morgan fingerprint density at radius 2 is 2.29 bits per heavy atom. The van der Waals surface area contributed by atoms with Crippen LogP contribution in [0.25, 0.3) is 0 Å². The fourth-order valence-corrected chi connectivity index (χ4v) is 1.26. The topological polar surface area (TPSA) is 49.3 Å². The third kappa shape index (κ3) is 4.25. The van der Waals surface area contributed by atoms with E-state index in [1.54, 1.807) is 12.1 Å². The van der Waals surface area contributed by atoms with Crippen molar-refractivity contribution in [2.75, 3.05) is 6.54 Å². The SMILES string of the molecule is CC(=O)NCCC#Cc1cccc(CO)c1F. The lowest BCUT2D eigenvalue weighted by Gasteiger charge is -2.00. The fraction of sp³-hybridized carbons (Fsp3) is 0.308. The van der Waals surface area contributed by atoms with Gasteiger partial charge in [0.2, 0.25) is 5.91 Å². The van der Waals surface area contributed by atoms with Crippen LogP contribution < -0.4 is 5.32 Å². The second kappa shape index (κ2) is 6.66. The molecular weight excluding hydrogens is 221 g/mol. The number of rotatable bonds is 3. The zero-order chi connectivity index (χ0) is 12.7. The molecule has 0 spiro atoms. The average molecular weight is 235 g/mol. The molecule has 0 saturated carbocycles. The summed E-state index contributed by atoms with van der Waals surface area (Å²) in [6.07, 6.45) is 0.461. The smallest absolute Gasteiger partial charge is 0.216 e. The van der Waals surface area contributed by atoms with Crippen LogP contribution in [0.15, 0.2) is 18.2 Å². The van der Waals surface area contributed by atoms with E-state index in [1.807, 2.05) is 0 Å². The molecule has 0 radical (unpaired) electrons. The first-order valence-electron chi connectivity index (χ1n) is 5.26. The molecule has 0 aliphatic heterocycles. The second-order valence-electron chi connectivity index (χ2n) is 3.47. The van der Waals surface area contributed by atoms with Crippen LogP contribution in [0, 0.1) is 17.7 Å². The van der Waals surface area contributed by atoms with Gasteiger partial charge < -0.3 is 10.4 Å². The summed E-state index contributed by atoms with van der Waals surface area (Å²) < 4.78 is 13.6. The minimum atomic E-state index is -0.484. The molecule has 1 aromatic carbocycles. The summed E-state index contributed by atoms with van der Waals surface area (Å²) in [6.45, 7) is 1.54. The van der Waals surface area contributed by atoms with Gasteiger partial charge in [0, 0.05) is 25.5 Å². The highest BCUT2D eigenvalue weighted by Gasteiger charge is 2.03. The lowest BCUT2D eigenvalue weighted by atomic mass is 10.1. The number of aliphatic hydroxyl groups is 1. The molecule has 0 aliphatic rings. The molecule has 1 rings (SSSR count). The van der Waals surface area contributed by atoms with Crippen molar-refractivity contribution < 1.29 is 14.3 Å². The lowest BCUT2D eigenvalue weighted by Crippen LogP contribution is -2.20. The Kier molecular flexibility index (Phi) is 5.18. The lowest BCUT2D eigenvalue weighted by molar-refractivity contribution is -0.118. The van der Waals surface area contributed by atoms with E-state index in [0.29, 0.717) is 13.0 Å². The molecule has 0 heterocycles. The van der Waals surface area contributed by atoms with Crippen LogP contribution in [0.4, 0.5) is 4.39 Å². The van der Waals surface area contributed by atoms with Crippen molar-refractivity contribution in [3.63, 3.8) is 0 Å². The normalized spacial score (nSPS) is 9.35. The Morgan fingerprint density at radius 3 is 2.94 bits per heavy atom. The molecular formula is C13H14FNO2. The van der Waals surface area contributed by atoms with Crippen LogP contribution in [-0.4, -0.2) is 17.6 Å². The molecule has 1 aromatic rings. The summed E-state index contributed by atoms with van der Waals surface area (Å²) in [6, 6.07) is 4.71. The van der Waals surface area contributed by atoms with Gasteiger partial charge in [-0.1, -0.05) is 24.0 Å². The standard InChI is InChI=1S/C13H14FNO2/c1-10(17)15-8-3-2-5-11-6-4-7-12(9-16)13(11)14/h4,6-7,16H,3,8-9H2,1H3,(H,15,17). The molecule has 0 fully saturated rings. The number of aliphatic hydroxyl groups excluding tert-OH is 1. The molecule has 90 valence electrons. The van der Waals surface area contributed by atoms with Crippen LogP contribution in [0.1, 0.15) is 24.5 Å². The maximum atomic E-state index is 13.6. The predicted octanol–water partition coefficient (Wildman–Crippen LogP) is 1.20. The maximum Gasteiger partial charge on any atom is 0.216 e. The summed E-state index contributed by atoms with van der Waals surface area (Å²) in [4.78, 5) is 10.6. The minimum absolute atomic E-state index is 0.111. The minimum Gasteiger partial charge on any atom is -0.392 e. The quantitative estimate of drug-likeness (QED) is 0.611. The first kappa shape index (κ1) is 13.2. The number of hydrogen-bond donors (Lipinski definition) is 2. The molecule has 2 N–H and O–H groups in total. The second-order valence-corrected chi connectivity index (χ2v) is 3.47. The van der Waals surface area contributed by atoms with Gasteiger partial charge in [-0.2, -0.15) is 0 Å². The molecule has 1 amide bonds. The third-order valence-corrected chi connectivity index (χ3v) is 2.10. The molecule has 0 unspecified atom stereocenters. The Hall–Kier alpha value is -1.86. The monoisotopic (exact) mass is 235 g/mol. The van der Waals surface area contributed by atoms with Crippen molar-refractivity contribution in [1.29, 1.82) is 0 Å². The number of benzene rings is 1. The highest BCUT2D eigenvalue weighted by atomic mass is 19.1. The zero-order valence-electron chi connectivity index (χ0n) is 9.59. The first-order valence-corrected chi connectivity index (χ1v) is 5.26. The number of halogens is 1. The Labute approximate surface area is 99.7 Å². The van der Waals surface area contributed by atoms with E-state index in [-0.39, 0.29) is 23.6 Å². The number of nitrogens with one attached hydrogen (secondary N) is 1. The maximum absolute atomic E-state index is 13.6. The van der Waals surface area contributed by atoms with Crippen molar-refractivity contribution in [3.05, 3.63) is 35.1 Å². The van der Waals surface area contributed by atoms with Crippen LogP contribution in [0.2, 0.25) is 0 Å². The molecule has 17 heavy (non-hydrogen) atoms. The van der Waals surface area contributed by atoms with E-state index < -0.39 is 5.82 Å². The molecule has 0 aromatic heterocycles. The van der Waals surface area contributed by atoms with Gasteiger partial charge in [-0.15, -0.1) is 0 Å². The fourth-order valence-electron chi connectivity index (χ4n) is 1.26. The van der Waals surface area contributed by atoms with E-state index in [1.165, 1.54) is 13.0 Å². The summed E-state index contributed by atoms with van der Waals surface area (Å²) in [5.41, 5.74) is 0.498. The molecule has 0 bridgehead atoms. The molecule has 0 saturated heterocycles.